The van der Waals surface area contributed by atoms with Crippen LogP contribution < -0.4 is 10.1 Å². The van der Waals surface area contributed by atoms with Crippen molar-refractivity contribution < 1.29 is 23.4 Å². The molecule has 114 valence electrons. The van der Waals surface area contributed by atoms with Crippen LogP contribution in [0.2, 0.25) is 0 Å². The van der Waals surface area contributed by atoms with E-state index in [1.54, 1.807) is 18.2 Å². The van der Waals surface area contributed by atoms with E-state index >= 15 is 0 Å². The van der Waals surface area contributed by atoms with Crippen molar-refractivity contribution in [3.8, 4) is 5.75 Å². The molecule has 4 nitrogen and oxygen atoms in total. The van der Waals surface area contributed by atoms with Gasteiger partial charge in [-0.3, -0.25) is 4.79 Å². The summed E-state index contributed by atoms with van der Waals surface area (Å²) >= 11 is 0. The molecule has 2 atom stereocenters. The largest absolute Gasteiger partial charge is 0.435 e. The molecular weight excluding hydrogens is 280 g/mol. The fourth-order valence-electron chi connectivity index (χ4n) is 2.31. The van der Waals surface area contributed by atoms with Crippen LogP contribution in [0, 0.1) is 5.92 Å². The van der Waals surface area contributed by atoms with Crippen molar-refractivity contribution in [3.63, 3.8) is 0 Å². The third-order valence-corrected chi connectivity index (χ3v) is 3.29. The van der Waals surface area contributed by atoms with E-state index in [2.05, 4.69) is 10.1 Å². The van der Waals surface area contributed by atoms with E-state index in [0.29, 0.717) is 12.0 Å². The number of alkyl halides is 2. The van der Waals surface area contributed by atoms with Crippen LogP contribution in [0.25, 0.3) is 0 Å². The summed E-state index contributed by atoms with van der Waals surface area (Å²) in [4.78, 5) is 12.0. The van der Waals surface area contributed by atoms with Gasteiger partial charge >= 0.3 is 6.61 Å². The quantitative estimate of drug-likeness (QED) is 0.788. The fourth-order valence-corrected chi connectivity index (χ4v) is 2.31. The van der Waals surface area contributed by atoms with Gasteiger partial charge in [0.15, 0.2) is 0 Å². The minimum atomic E-state index is -2.92. The number of carbonyl (C=O) groups is 1. The summed E-state index contributed by atoms with van der Waals surface area (Å²) in [6.07, 6.45) is 4.31. The number of hydrogen-bond donors (Lipinski definition) is 2. The summed E-state index contributed by atoms with van der Waals surface area (Å²) in [5.41, 5.74) is 0.413. The Morgan fingerprint density at radius 2 is 2.14 bits per heavy atom. The molecule has 0 spiro atoms. The highest BCUT2D eigenvalue weighted by molar-refractivity contribution is 5.79. The van der Waals surface area contributed by atoms with Gasteiger partial charge in [-0.15, -0.1) is 0 Å². The molecule has 1 amide bonds. The van der Waals surface area contributed by atoms with Crippen molar-refractivity contribution >= 4 is 5.91 Å². The van der Waals surface area contributed by atoms with Crippen molar-refractivity contribution in [2.75, 3.05) is 6.61 Å². The normalized spacial score (nSPS) is 20.8. The third kappa shape index (κ3) is 4.53. The molecule has 0 saturated carbocycles. The van der Waals surface area contributed by atoms with E-state index in [0.717, 1.165) is 0 Å². The molecule has 0 saturated heterocycles. The second-order valence-corrected chi connectivity index (χ2v) is 4.90. The molecule has 21 heavy (non-hydrogen) atoms. The number of aliphatic hydroxyl groups is 1. The van der Waals surface area contributed by atoms with Crippen LogP contribution in [0.1, 0.15) is 12.0 Å². The maximum Gasteiger partial charge on any atom is 0.387 e. The average molecular weight is 297 g/mol. The topological polar surface area (TPSA) is 58.6 Å². The van der Waals surface area contributed by atoms with Crippen molar-refractivity contribution in [2.24, 2.45) is 5.92 Å². The zero-order valence-corrected chi connectivity index (χ0v) is 11.3. The molecule has 2 rings (SSSR count). The number of amides is 1. The van der Waals surface area contributed by atoms with Crippen LogP contribution in [-0.2, 0) is 11.2 Å². The summed E-state index contributed by atoms with van der Waals surface area (Å²) in [7, 11) is 0. The van der Waals surface area contributed by atoms with Gasteiger partial charge in [0, 0.05) is 24.1 Å². The molecule has 1 aliphatic rings. The monoisotopic (exact) mass is 297 g/mol. The minimum Gasteiger partial charge on any atom is -0.435 e. The maximum absolute atomic E-state index is 12.3. The standard InChI is InChI=1S/C15H17F2NO3/c16-15(17)21-13-4-2-1-3-11(13)8-14(20)18-12-6-5-10(7-12)9-19/h1-6,10,12,15,19H,7-9H2,(H,18,20)/t10-,12+/m0/s1. The molecule has 1 aromatic rings. The molecule has 1 aromatic carbocycles. The number of aliphatic hydroxyl groups excluding tert-OH is 1. The van der Waals surface area contributed by atoms with Gasteiger partial charge in [-0.25, -0.2) is 0 Å². The van der Waals surface area contributed by atoms with E-state index < -0.39 is 6.61 Å². The van der Waals surface area contributed by atoms with Crippen LogP contribution in [0.3, 0.4) is 0 Å². The Bertz CT molecular complexity index is 519. The Balaban J connectivity index is 1.92. The molecule has 0 fully saturated rings. The minimum absolute atomic E-state index is 0.0119. The Morgan fingerprint density at radius 1 is 1.38 bits per heavy atom. The highest BCUT2D eigenvalue weighted by atomic mass is 19.3. The molecule has 1 aliphatic carbocycles. The fraction of sp³-hybridized carbons (Fsp3) is 0.400. The van der Waals surface area contributed by atoms with Gasteiger partial charge < -0.3 is 15.2 Å². The smallest absolute Gasteiger partial charge is 0.387 e. The van der Waals surface area contributed by atoms with Crippen molar-refractivity contribution in [1.29, 1.82) is 0 Å². The molecule has 2 N–H and O–H groups in total. The lowest BCUT2D eigenvalue weighted by molar-refractivity contribution is -0.121. The zero-order valence-electron chi connectivity index (χ0n) is 11.3. The van der Waals surface area contributed by atoms with Gasteiger partial charge in [-0.1, -0.05) is 30.4 Å². The zero-order chi connectivity index (χ0) is 15.2. The summed E-state index contributed by atoms with van der Waals surface area (Å²) in [5, 5.41) is 11.8. The predicted molar refractivity (Wildman–Crippen MR) is 73.0 cm³/mol. The molecule has 6 heteroatoms. The molecular formula is C15H17F2NO3. The number of ether oxygens (including phenoxy) is 1. The van der Waals surface area contributed by atoms with Gasteiger partial charge in [-0.2, -0.15) is 8.78 Å². The molecule has 0 unspecified atom stereocenters. The lowest BCUT2D eigenvalue weighted by Gasteiger charge is -2.14. The summed E-state index contributed by atoms with van der Waals surface area (Å²) in [6, 6.07) is 6.10. The first-order chi connectivity index (χ1) is 10.1. The van der Waals surface area contributed by atoms with Gasteiger partial charge in [0.1, 0.15) is 5.75 Å². The Morgan fingerprint density at radius 3 is 2.81 bits per heavy atom. The number of carbonyl (C=O) groups excluding carboxylic acids is 1. The number of rotatable bonds is 6. The maximum atomic E-state index is 12.3. The van der Waals surface area contributed by atoms with Crippen molar-refractivity contribution in [3.05, 3.63) is 42.0 Å². The first-order valence-corrected chi connectivity index (χ1v) is 6.69. The van der Waals surface area contributed by atoms with Crippen LogP contribution in [0.4, 0.5) is 8.78 Å². The second kappa shape index (κ2) is 7.17. The lowest BCUT2D eigenvalue weighted by atomic mass is 10.1. The average Bonchev–Trinajstić information content (AvgIpc) is 2.88. The Labute approximate surface area is 121 Å². The number of para-hydroxylation sites is 1. The van der Waals surface area contributed by atoms with Crippen molar-refractivity contribution in [1.82, 2.24) is 5.32 Å². The summed E-state index contributed by atoms with van der Waals surface area (Å²) < 4.78 is 29.0. The third-order valence-electron chi connectivity index (χ3n) is 3.29. The van der Waals surface area contributed by atoms with Gasteiger partial charge in [0.2, 0.25) is 5.91 Å². The number of hydrogen-bond acceptors (Lipinski definition) is 3. The first kappa shape index (κ1) is 15.4. The second-order valence-electron chi connectivity index (χ2n) is 4.90. The van der Waals surface area contributed by atoms with Crippen LogP contribution >= 0.6 is 0 Å². The van der Waals surface area contributed by atoms with E-state index in [4.69, 9.17) is 5.11 Å². The summed E-state index contributed by atoms with van der Waals surface area (Å²) in [5.74, 6) is -0.198. The van der Waals surface area contributed by atoms with Gasteiger partial charge in [0.25, 0.3) is 0 Å². The number of halogens is 2. The van der Waals surface area contributed by atoms with E-state index in [1.165, 1.54) is 6.07 Å². The van der Waals surface area contributed by atoms with E-state index in [1.807, 2.05) is 12.2 Å². The van der Waals surface area contributed by atoms with Crippen LogP contribution in [0.5, 0.6) is 5.75 Å². The molecule has 0 bridgehead atoms. The van der Waals surface area contributed by atoms with Gasteiger partial charge in [0.05, 0.1) is 6.42 Å². The highest BCUT2D eigenvalue weighted by Crippen LogP contribution is 2.21. The number of nitrogens with one attached hydrogen (secondary N) is 1. The molecule has 0 heterocycles. The molecule has 0 radical (unpaired) electrons. The lowest BCUT2D eigenvalue weighted by Crippen LogP contribution is -2.34. The Kier molecular flexibility index (Phi) is 5.27. The van der Waals surface area contributed by atoms with Crippen LogP contribution in [-0.4, -0.2) is 30.3 Å². The van der Waals surface area contributed by atoms with E-state index in [-0.39, 0.29) is 36.6 Å². The first-order valence-electron chi connectivity index (χ1n) is 6.69. The Hall–Kier alpha value is -1.95. The highest BCUT2D eigenvalue weighted by Gasteiger charge is 2.20. The van der Waals surface area contributed by atoms with Crippen LogP contribution in [0.15, 0.2) is 36.4 Å². The van der Waals surface area contributed by atoms with E-state index in [9.17, 15) is 13.6 Å². The molecule has 0 aromatic heterocycles. The SMILES string of the molecule is O=C(Cc1ccccc1OC(F)F)N[C@@H]1C=C[C@H](CO)C1. The number of benzene rings is 1. The molecule has 0 aliphatic heterocycles. The van der Waals surface area contributed by atoms with Crippen molar-refractivity contribution in [2.45, 2.75) is 25.5 Å². The summed E-state index contributed by atoms with van der Waals surface area (Å²) in [6.45, 7) is -2.87. The van der Waals surface area contributed by atoms with Gasteiger partial charge in [-0.05, 0) is 12.5 Å². The predicted octanol–water partition coefficient (Wildman–Crippen LogP) is 1.88.